The molecule has 0 N–H and O–H groups in total. The first-order chi connectivity index (χ1) is 6.10. The van der Waals surface area contributed by atoms with Crippen molar-refractivity contribution in [3.63, 3.8) is 0 Å². The fraction of sp³-hybridized carbons (Fsp3) is 1.00. The van der Waals surface area contributed by atoms with E-state index in [2.05, 4.69) is 27.7 Å². The second-order valence-corrected chi connectivity index (χ2v) is 5.48. The highest BCUT2D eigenvalue weighted by molar-refractivity contribution is 4.82. The van der Waals surface area contributed by atoms with E-state index in [0.29, 0.717) is 5.41 Å². The van der Waals surface area contributed by atoms with Gasteiger partial charge in [-0.25, -0.2) is 0 Å². The zero-order valence-corrected chi connectivity index (χ0v) is 9.90. The maximum absolute atomic E-state index is 2.45. The maximum Gasteiger partial charge on any atom is -0.0328 e. The lowest BCUT2D eigenvalue weighted by atomic mass is 9.66. The molecule has 0 spiro atoms. The maximum atomic E-state index is 2.45. The van der Waals surface area contributed by atoms with Gasteiger partial charge < -0.3 is 0 Å². The molecule has 0 heteroatoms. The van der Waals surface area contributed by atoms with Gasteiger partial charge in [0.25, 0.3) is 0 Å². The molecule has 1 rings (SSSR count). The summed E-state index contributed by atoms with van der Waals surface area (Å²) in [4.78, 5) is 0. The van der Waals surface area contributed by atoms with E-state index in [9.17, 15) is 0 Å². The third-order valence-electron chi connectivity index (χ3n) is 4.38. The first kappa shape index (κ1) is 11.1. The minimum absolute atomic E-state index is 0.591. The molecule has 2 atom stereocenters. The van der Waals surface area contributed by atoms with E-state index in [0.717, 1.165) is 11.8 Å². The molecule has 0 aromatic carbocycles. The minimum atomic E-state index is 0.591. The lowest BCUT2D eigenvalue weighted by molar-refractivity contribution is 0.119. The summed E-state index contributed by atoms with van der Waals surface area (Å²) in [6.07, 6.45) is 8.69. The van der Waals surface area contributed by atoms with Crippen molar-refractivity contribution in [2.45, 2.75) is 66.2 Å². The molecule has 0 radical (unpaired) electrons. The molecule has 0 heterocycles. The molecule has 0 amide bonds. The van der Waals surface area contributed by atoms with Crippen LogP contribution in [0.5, 0.6) is 0 Å². The standard InChI is InChI=1S/C13H26/c1-5-11-8-7-9-12(10-11)13(3,4)6-2/h11-12H,5-10H2,1-4H3. The second kappa shape index (κ2) is 4.48. The Morgan fingerprint density at radius 2 is 1.85 bits per heavy atom. The zero-order chi connectivity index (χ0) is 9.90. The summed E-state index contributed by atoms with van der Waals surface area (Å²) in [6.45, 7) is 9.60. The zero-order valence-electron chi connectivity index (χ0n) is 9.90. The first-order valence-corrected chi connectivity index (χ1v) is 6.10. The quantitative estimate of drug-likeness (QED) is 0.596. The average molecular weight is 182 g/mol. The van der Waals surface area contributed by atoms with Gasteiger partial charge in [-0.15, -0.1) is 0 Å². The van der Waals surface area contributed by atoms with Gasteiger partial charge in [-0.1, -0.05) is 53.4 Å². The Morgan fingerprint density at radius 1 is 1.15 bits per heavy atom. The molecule has 78 valence electrons. The number of hydrogen-bond acceptors (Lipinski definition) is 0. The normalized spacial score (nSPS) is 30.5. The summed E-state index contributed by atoms with van der Waals surface area (Å²) in [5.74, 6) is 2.03. The summed E-state index contributed by atoms with van der Waals surface area (Å²) in [7, 11) is 0. The van der Waals surface area contributed by atoms with E-state index in [-0.39, 0.29) is 0 Å². The summed E-state index contributed by atoms with van der Waals surface area (Å²) in [5.41, 5.74) is 0.591. The molecule has 1 saturated carbocycles. The van der Waals surface area contributed by atoms with Gasteiger partial charge in [0.2, 0.25) is 0 Å². The molecule has 0 aromatic heterocycles. The van der Waals surface area contributed by atoms with Crippen molar-refractivity contribution in [2.75, 3.05) is 0 Å². The lowest BCUT2D eigenvalue weighted by Crippen LogP contribution is -2.28. The molecule has 1 fully saturated rings. The first-order valence-electron chi connectivity index (χ1n) is 6.10. The smallest absolute Gasteiger partial charge is 0.0328 e. The van der Waals surface area contributed by atoms with Crippen LogP contribution in [0, 0.1) is 17.3 Å². The Labute approximate surface area is 84.1 Å². The monoisotopic (exact) mass is 182 g/mol. The predicted octanol–water partition coefficient (Wildman–Crippen LogP) is 4.64. The number of hydrogen-bond donors (Lipinski definition) is 0. The second-order valence-electron chi connectivity index (χ2n) is 5.48. The fourth-order valence-electron chi connectivity index (χ4n) is 2.66. The molecule has 0 saturated heterocycles. The van der Waals surface area contributed by atoms with Crippen LogP contribution in [0.25, 0.3) is 0 Å². The van der Waals surface area contributed by atoms with Gasteiger partial charge in [0, 0.05) is 0 Å². The van der Waals surface area contributed by atoms with Crippen LogP contribution in [0.15, 0.2) is 0 Å². The highest BCUT2D eigenvalue weighted by atomic mass is 14.4. The van der Waals surface area contributed by atoms with Crippen LogP contribution in [-0.4, -0.2) is 0 Å². The van der Waals surface area contributed by atoms with Crippen LogP contribution >= 0.6 is 0 Å². The van der Waals surface area contributed by atoms with E-state index in [1.54, 1.807) is 0 Å². The summed E-state index contributed by atoms with van der Waals surface area (Å²) in [5, 5.41) is 0. The van der Waals surface area contributed by atoms with Crippen LogP contribution < -0.4 is 0 Å². The van der Waals surface area contributed by atoms with Crippen molar-refractivity contribution in [1.82, 2.24) is 0 Å². The van der Waals surface area contributed by atoms with Gasteiger partial charge in [0.1, 0.15) is 0 Å². The van der Waals surface area contributed by atoms with E-state index < -0.39 is 0 Å². The van der Waals surface area contributed by atoms with Gasteiger partial charge in [-0.2, -0.15) is 0 Å². The van der Waals surface area contributed by atoms with Crippen molar-refractivity contribution < 1.29 is 0 Å². The SMILES string of the molecule is CCC1CCCC(C(C)(C)CC)C1. The Balaban J connectivity index is 2.50. The van der Waals surface area contributed by atoms with Crippen molar-refractivity contribution in [3.05, 3.63) is 0 Å². The van der Waals surface area contributed by atoms with Crippen LogP contribution in [0.1, 0.15) is 66.2 Å². The van der Waals surface area contributed by atoms with Gasteiger partial charge in [-0.05, 0) is 30.1 Å². The largest absolute Gasteiger partial charge is 0.0651 e. The Kier molecular flexibility index (Phi) is 3.82. The summed E-state index contributed by atoms with van der Waals surface area (Å²) < 4.78 is 0. The van der Waals surface area contributed by atoms with Crippen molar-refractivity contribution in [1.29, 1.82) is 0 Å². The van der Waals surface area contributed by atoms with E-state index >= 15 is 0 Å². The molecule has 0 nitrogen and oxygen atoms in total. The average Bonchev–Trinajstić information content (AvgIpc) is 2.18. The summed E-state index contributed by atoms with van der Waals surface area (Å²) >= 11 is 0. The molecular weight excluding hydrogens is 156 g/mol. The fourth-order valence-corrected chi connectivity index (χ4v) is 2.66. The molecule has 0 aliphatic heterocycles. The Morgan fingerprint density at radius 3 is 2.38 bits per heavy atom. The highest BCUT2D eigenvalue weighted by Crippen LogP contribution is 2.43. The predicted molar refractivity (Wildman–Crippen MR) is 59.8 cm³/mol. The van der Waals surface area contributed by atoms with Gasteiger partial charge in [-0.3, -0.25) is 0 Å². The van der Waals surface area contributed by atoms with E-state index in [1.165, 1.54) is 38.5 Å². The third kappa shape index (κ3) is 2.72. The lowest BCUT2D eigenvalue weighted by Gasteiger charge is -2.39. The summed E-state index contributed by atoms with van der Waals surface area (Å²) in [6, 6.07) is 0. The molecule has 0 aromatic rings. The van der Waals surface area contributed by atoms with Crippen molar-refractivity contribution >= 4 is 0 Å². The van der Waals surface area contributed by atoms with Crippen LogP contribution in [0.4, 0.5) is 0 Å². The van der Waals surface area contributed by atoms with Gasteiger partial charge in [0.05, 0.1) is 0 Å². The topological polar surface area (TPSA) is 0 Å². The number of rotatable bonds is 3. The van der Waals surface area contributed by atoms with Gasteiger partial charge in [0.15, 0.2) is 0 Å². The molecule has 0 bridgehead atoms. The molecule has 2 unspecified atom stereocenters. The van der Waals surface area contributed by atoms with Crippen LogP contribution in [-0.2, 0) is 0 Å². The Hall–Kier alpha value is 0. The minimum Gasteiger partial charge on any atom is -0.0651 e. The van der Waals surface area contributed by atoms with Crippen LogP contribution in [0.2, 0.25) is 0 Å². The van der Waals surface area contributed by atoms with Crippen molar-refractivity contribution in [3.8, 4) is 0 Å². The molecule has 1 aliphatic carbocycles. The third-order valence-corrected chi connectivity index (χ3v) is 4.38. The van der Waals surface area contributed by atoms with E-state index in [1.807, 2.05) is 0 Å². The van der Waals surface area contributed by atoms with Crippen LogP contribution in [0.3, 0.4) is 0 Å². The molecule has 1 aliphatic rings. The Bertz CT molecular complexity index is 146. The molecular formula is C13H26. The van der Waals surface area contributed by atoms with E-state index in [4.69, 9.17) is 0 Å². The molecule has 13 heavy (non-hydrogen) atoms. The van der Waals surface area contributed by atoms with Crippen molar-refractivity contribution in [2.24, 2.45) is 17.3 Å². The highest BCUT2D eigenvalue weighted by Gasteiger charge is 2.31. The van der Waals surface area contributed by atoms with Gasteiger partial charge >= 0.3 is 0 Å².